The number of nitrogens with zero attached hydrogens (tertiary/aromatic N) is 4. The average molecular weight is 483 g/mol. The van der Waals surface area contributed by atoms with Crippen LogP contribution in [0.25, 0.3) is 11.4 Å². The molecule has 3 fully saturated rings. The van der Waals surface area contributed by atoms with E-state index in [4.69, 9.17) is 4.74 Å². The Morgan fingerprint density at radius 1 is 1.16 bits per heavy atom. The molecular formula is C23H20BrFN4O2. The zero-order valence-corrected chi connectivity index (χ0v) is 18.2. The summed E-state index contributed by atoms with van der Waals surface area (Å²) in [5, 5.41) is 0. The molecule has 31 heavy (non-hydrogen) atoms. The summed E-state index contributed by atoms with van der Waals surface area (Å²) >= 11 is 3.39. The fourth-order valence-corrected chi connectivity index (χ4v) is 4.95. The topological polar surface area (TPSA) is 68.2 Å². The molecule has 0 N–H and O–H groups in total. The molecule has 1 aliphatic carbocycles. The van der Waals surface area contributed by atoms with Crippen LogP contribution in [0.15, 0.2) is 53.4 Å². The zero-order valence-electron chi connectivity index (χ0n) is 16.6. The fraction of sp³-hybridized carbons (Fsp3) is 0.304. The molecule has 3 atom stereocenters. The van der Waals surface area contributed by atoms with Gasteiger partial charge in [0.05, 0.1) is 11.7 Å². The number of pyridine rings is 1. The summed E-state index contributed by atoms with van der Waals surface area (Å²) in [6.07, 6.45) is 8.48. The number of hydrogen-bond acceptors (Lipinski definition) is 6. The van der Waals surface area contributed by atoms with Gasteiger partial charge in [-0.05, 0) is 65.4 Å². The van der Waals surface area contributed by atoms with E-state index in [1.807, 2.05) is 12.1 Å². The lowest BCUT2D eigenvalue weighted by Gasteiger charge is -2.50. The minimum Gasteiger partial charge on any atom is -0.472 e. The van der Waals surface area contributed by atoms with E-state index in [0.717, 1.165) is 36.6 Å². The number of halogens is 2. The molecule has 2 aromatic heterocycles. The van der Waals surface area contributed by atoms with Gasteiger partial charge < -0.3 is 9.64 Å². The van der Waals surface area contributed by atoms with E-state index in [0.29, 0.717) is 34.4 Å². The molecule has 4 heterocycles. The number of aldehydes is 1. The van der Waals surface area contributed by atoms with Crippen LogP contribution < -0.4 is 9.64 Å². The highest BCUT2D eigenvalue weighted by Crippen LogP contribution is 2.42. The lowest BCUT2D eigenvalue weighted by molar-refractivity contribution is 0.0662. The second-order valence-electron chi connectivity index (χ2n) is 7.95. The Labute approximate surface area is 187 Å². The molecule has 2 aliphatic heterocycles. The maximum absolute atomic E-state index is 14.7. The van der Waals surface area contributed by atoms with Crippen LogP contribution in [0.5, 0.6) is 5.88 Å². The number of benzene rings is 1. The van der Waals surface area contributed by atoms with Crippen LogP contribution in [0.1, 0.15) is 29.6 Å². The van der Waals surface area contributed by atoms with E-state index < -0.39 is 5.82 Å². The van der Waals surface area contributed by atoms with E-state index >= 15 is 0 Å². The van der Waals surface area contributed by atoms with E-state index in [1.165, 1.54) is 12.1 Å². The third-order valence-electron chi connectivity index (χ3n) is 6.05. The van der Waals surface area contributed by atoms with Gasteiger partial charge in [0.15, 0.2) is 12.1 Å². The molecule has 0 spiro atoms. The Hall–Kier alpha value is -2.87. The molecule has 2 saturated heterocycles. The predicted molar refractivity (Wildman–Crippen MR) is 118 cm³/mol. The van der Waals surface area contributed by atoms with Gasteiger partial charge in [-0.2, -0.15) is 0 Å². The van der Waals surface area contributed by atoms with Crippen molar-refractivity contribution in [3.05, 3.63) is 64.8 Å². The standard InChI is InChI=1S/C23H20BrFN4O2/c24-15-3-5-22(28-11-15)31-21-8-14-2-4-19(21)29(12-14)20-10-16(25)9-17(18(20)13-30)23-26-6-1-7-27-23/h1,3,5-7,9-11,13-14,19,21H,2,4,8,12H2/t14-,19+,21-/m1/s1. The normalized spacial score (nSPS) is 22.4. The van der Waals surface area contributed by atoms with E-state index in [1.54, 1.807) is 24.7 Å². The third-order valence-corrected chi connectivity index (χ3v) is 6.52. The van der Waals surface area contributed by atoms with E-state index in [9.17, 15) is 9.18 Å². The van der Waals surface area contributed by atoms with Crippen molar-refractivity contribution in [1.82, 2.24) is 15.0 Å². The van der Waals surface area contributed by atoms with E-state index in [-0.39, 0.29) is 12.1 Å². The molecule has 3 aliphatic rings. The first-order chi connectivity index (χ1) is 15.1. The second-order valence-corrected chi connectivity index (χ2v) is 8.86. The lowest BCUT2D eigenvalue weighted by Crippen LogP contribution is -2.58. The monoisotopic (exact) mass is 482 g/mol. The highest BCUT2D eigenvalue weighted by atomic mass is 79.9. The van der Waals surface area contributed by atoms with Crippen molar-refractivity contribution >= 4 is 27.9 Å². The number of aromatic nitrogens is 3. The molecule has 0 unspecified atom stereocenters. The Balaban J connectivity index is 1.51. The minimum atomic E-state index is -0.420. The number of piperidine rings is 2. The van der Waals surface area contributed by atoms with Gasteiger partial charge in [-0.3, -0.25) is 4.79 Å². The van der Waals surface area contributed by atoms with Gasteiger partial charge in [0.25, 0.3) is 0 Å². The van der Waals surface area contributed by atoms with Gasteiger partial charge in [0, 0.05) is 46.8 Å². The smallest absolute Gasteiger partial charge is 0.213 e. The first-order valence-electron chi connectivity index (χ1n) is 10.2. The Kier molecular flexibility index (Phi) is 5.40. The van der Waals surface area contributed by atoms with Crippen LogP contribution in [-0.2, 0) is 0 Å². The van der Waals surface area contributed by atoms with Crippen molar-refractivity contribution in [2.75, 3.05) is 11.4 Å². The van der Waals surface area contributed by atoms with Gasteiger partial charge in [-0.1, -0.05) is 0 Å². The number of carbonyl (C=O) groups excluding carboxylic acids is 1. The molecule has 6 nitrogen and oxygen atoms in total. The van der Waals surface area contributed by atoms with Gasteiger partial charge in [0.1, 0.15) is 11.9 Å². The Bertz CT molecular complexity index is 1100. The number of rotatable bonds is 5. The summed E-state index contributed by atoms with van der Waals surface area (Å²) in [7, 11) is 0. The largest absolute Gasteiger partial charge is 0.472 e. The maximum Gasteiger partial charge on any atom is 0.213 e. The summed E-state index contributed by atoms with van der Waals surface area (Å²) in [5.41, 5.74) is 1.38. The molecule has 1 saturated carbocycles. The SMILES string of the molecule is O=Cc1c(-c2ncccn2)cc(F)cc1N1C[C@@H]2CC[C@H]1[C@H](Oc1ccc(Br)cn1)C2. The quantitative estimate of drug-likeness (QED) is 0.491. The first-order valence-corrected chi connectivity index (χ1v) is 11.0. The molecule has 1 aromatic carbocycles. The molecule has 0 amide bonds. The van der Waals surface area contributed by atoms with Crippen LogP contribution in [0.3, 0.4) is 0 Å². The summed E-state index contributed by atoms with van der Waals surface area (Å²) in [6, 6.07) is 8.20. The molecule has 3 aromatic rings. The predicted octanol–water partition coefficient (Wildman–Crippen LogP) is 4.69. The van der Waals surface area contributed by atoms with Gasteiger partial charge >= 0.3 is 0 Å². The van der Waals surface area contributed by atoms with Crippen molar-refractivity contribution in [1.29, 1.82) is 0 Å². The minimum absolute atomic E-state index is 0.0282. The van der Waals surface area contributed by atoms with Crippen LogP contribution in [-0.4, -0.2) is 39.9 Å². The van der Waals surface area contributed by atoms with Gasteiger partial charge in [-0.15, -0.1) is 0 Å². The highest BCUT2D eigenvalue weighted by molar-refractivity contribution is 9.10. The summed E-state index contributed by atoms with van der Waals surface area (Å²) < 4.78 is 21.8. The van der Waals surface area contributed by atoms with Crippen molar-refractivity contribution in [3.8, 4) is 17.3 Å². The molecule has 6 rings (SSSR count). The number of ether oxygens (including phenoxy) is 1. The number of anilines is 1. The molecule has 0 radical (unpaired) electrons. The van der Waals surface area contributed by atoms with Crippen LogP contribution in [0.4, 0.5) is 10.1 Å². The Morgan fingerprint density at radius 3 is 2.71 bits per heavy atom. The maximum atomic E-state index is 14.7. The van der Waals surface area contributed by atoms with Crippen molar-refractivity contribution in [3.63, 3.8) is 0 Å². The third kappa shape index (κ3) is 3.92. The molecule has 2 bridgehead atoms. The first kappa shape index (κ1) is 20.1. The average Bonchev–Trinajstić information content (AvgIpc) is 2.81. The second kappa shape index (κ2) is 8.34. The van der Waals surface area contributed by atoms with E-state index in [2.05, 4.69) is 35.8 Å². The number of carbonyl (C=O) groups is 1. The van der Waals surface area contributed by atoms with Crippen molar-refractivity contribution in [2.45, 2.75) is 31.4 Å². The summed E-state index contributed by atoms with van der Waals surface area (Å²) in [4.78, 5) is 27.0. The number of fused-ring (bicyclic) bond motifs is 3. The summed E-state index contributed by atoms with van der Waals surface area (Å²) in [6.45, 7) is 0.762. The summed E-state index contributed by atoms with van der Waals surface area (Å²) in [5.74, 6) is 0.884. The Morgan fingerprint density at radius 2 is 2.00 bits per heavy atom. The lowest BCUT2D eigenvalue weighted by atomic mass is 9.77. The van der Waals surface area contributed by atoms with Crippen LogP contribution in [0.2, 0.25) is 0 Å². The molecular weight excluding hydrogens is 463 g/mol. The van der Waals surface area contributed by atoms with Gasteiger partial charge in [0.2, 0.25) is 5.88 Å². The van der Waals surface area contributed by atoms with Crippen LogP contribution in [0, 0.1) is 11.7 Å². The van der Waals surface area contributed by atoms with Gasteiger partial charge in [-0.25, -0.2) is 19.3 Å². The fourth-order valence-electron chi connectivity index (χ4n) is 4.71. The van der Waals surface area contributed by atoms with Crippen LogP contribution >= 0.6 is 15.9 Å². The van der Waals surface area contributed by atoms with Crippen molar-refractivity contribution in [2.24, 2.45) is 5.92 Å². The molecule has 158 valence electrons. The number of hydrogen-bond donors (Lipinski definition) is 0. The molecule has 8 heteroatoms. The highest BCUT2D eigenvalue weighted by Gasteiger charge is 2.43. The van der Waals surface area contributed by atoms with Crippen molar-refractivity contribution < 1.29 is 13.9 Å². The zero-order chi connectivity index (χ0) is 21.4.